The molecule has 1 heterocycles. The van der Waals surface area contributed by atoms with Gasteiger partial charge in [0.1, 0.15) is 0 Å². The van der Waals surface area contributed by atoms with E-state index >= 15 is 0 Å². The summed E-state index contributed by atoms with van der Waals surface area (Å²) in [7, 11) is 0. The first-order valence-corrected chi connectivity index (χ1v) is 5.29. The van der Waals surface area contributed by atoms with Crippen LogP contribution >= 0.6 is 0 Å². The number of hydrogen-bond donors (Lipinski definition) is 3. The maximum Gasteiger partial charge on any atom is 0.237 e. The van der Waals surface area contributed by atoms with Gasteiger partial charge in [-0.15, -0.1) is 0 Å². The highest BCUT2D eigenvalue weighted by Gasteiger charge is 2.27. The molecule has 0 saturated carbocycles. The third-order valence-electron chi connectivity index (χ3n) is 2.71. The molecule has 4 nitrogen and oxygen atoms in total. The van der Waals surface area contributed by atoms with Crippen molar-refractivity contribution in [3.8, 4) is 0 Å². The Bertz CT molecular complexity index is 197. The number of rotatable bonds is 3. The number of piperidine rings is 1. The van der Waals surface area contributed by atoms with Gasteiger partial charge in [-0.2, -0.15) is 0 Å². The predicted octanol–water partition coefficient (Wildman–Crippen LogP) is -0.128. The third-order valence-corrected chi connectivity index (χ3v) is 2.71. The predicted molar refractivity (Wildman–Crippen MR) is 54.9 cm³/mol. The molecule has 1 saturated heterocycles. The topological polar surface area (TPSA) is 61.4 Å². The Hall–Kier alpha value is -0.610. The van der Waals surface area contributed by atoms with Gasteiger partial charge in [-0.25, -0.2) is 0 Å². The molecular weight excluding hydrogens is 180 g/mol. The highest BCUT2D eigenvalue weighted by Crippen LogP contribution is 2.15. The molecule has 0 aromatic rings. The van der Waals surface area contributed by atoms with E-state index in [9.17, 15) is 4.79 Å². The fourth-order valence-electron chi connectivity index (χ4n) is 1.78. The molecule has 0 radical (unpaired) electrons. The van der Waals surface area contributed by atoms with Crippen molar-refractivity contribution in [2.45, 2.75) is 38.8 Å². The molecule has 0 aromatic carbocycles. The SMILES string of the molecule is CC(CO)NC(=O)C1NCCCC1C. The molecule has 0 aliphatic carbocycles. The van der Waals surface area contributed by atoms with Crippen LogP contribution in [-0.4, -0.2) is 36.2 Å². The van der Waals surface area contributed by atoms with Gasteiger partial charge >= 0.3 is 0 Å². The summed E-state index contributed by atoms with van der Waals surface area (Å²) in [6.07, 6.45) is 2.24. The van der Waals surface area contributed by atoms with E-state index in [1.807, 2.05) is 0 Å². The van der Waals surface area contributed by atoms with Gasteiger partial charge in [0.05, 0.1) is 12.6 Å². The average Bonchev–Trinajstić information content (AvgIpc) is 2.18. The lowest BCUT2D eigenvalue weighted by atomic mass is 9.92. The van der Waals surface area contributed by atoms with Crippen molar-refractivity contribution in [2.75, 3.05) is 13.2 Å². The normalized spacial score (nSPS) is 29.6. The zero-order valence-corrected chi connectivity index (χ0v) is 8.92. The maximum absolute atomic E-state index is 11.7. The summed E-state index contributed by atoms with van der Waals surface area (Å²) < 4.78 is 0. The van der Waals surface area contributed by atoms with Crippen molar-refractivity contribution in [1.29, 1.82) is 0 Å². The fourth-order valence-corrected chi connectivity index (χ4v) is 1.78. The molecule has 14 heavy (non-hydrogen) atoms. The second kappa shape index (κ2) is 5.32. The van der Waals surface area contributed by atoms with E-state index in [0.717, 1.165) is 19.4 Å². The van der Waals surface area contributed by atoms with Gasteiger partial charge in [-0.1, -0.05) is 6.92 Å². The van der Waals surface area contributed by atoms with Gasteiger partial charge in [0.15, 0.2) is 0 Å². The number of carbonyl (C=O) groups is 1. The van der Waals surface area contributed by atoms with E-state index in [0.29, 0.717) is 5.92 Å². The Morgan fingerprint density at radius 3 is 3.00 bits per heavy atom. The molecule has 3 atom stereocenters. The van der Waals surface area contributed by atoms with Crippen LogP contribution in [0.1, 0.15) is 26.7 Å². The quantitative estimate of drug-likeness (QED) is 0.595. The van der Waals surface area contributed by atoms with E-state index in [1.54, 1.807) is 6.92 Å². The highest BCUT2D eigenvalue weighted by atomic mass is 16.3. The molecule has 1 rings (SSSR count). The molecule has 0 spiro atoms. The van der Waals surface area contributed by atoms with Crippen LogP contribution < -0.4 is 10.6 Å². The Kier molecular flexibility index (Phi) is 4.35. The summed E-state index contributed by atoms with van der Waals surface area (Å²) in [4.78, 5) is 11.7. The molecule has 0 aromatic heterocycles. The summed E-state index contributed by atoms with van der Waals surface area (Å²) in [6.45, 7) is 4.79. The Labute approximate surface area is 85.1 Å². The van der Waals surface area contributed by atoms with Gasteiger partial charge in [0.2, 0.25) is 5.91 Å². The molecule has 1 fully saturated rings. The van der Waals surface area contributed by atoms with E-state index < -0.39 is 0 Å². The second-order valence-electron chi connectivity index (χ2n) is 4.14. The molecule has 3 unspecified atom stereocenters. The zero-order chi connectivity index (χ0) is 10.6. The van der Waals surface area contributed by atoms with Crippen LogP contribution in [0.25, 0.3) is 0 Å². The number of nitrogens with one attached hydrogen (secondary N) is 2. The number of aliphatic hydroxyl groups excluding tert-OH is 1. The zero-order valence-electron chi connectivity index (χ0n) is 8.92. The molecule has 1 aliphatic rings. The number of amides is 1. The first kappa shape index (κ1) is 11.5. The van der Waals surface area contributed by atoms with Crippen LogP contribution in [0, 0.1) is 5.92 Å². The molecule has 1 amide bonds. The molecule has 1 aliphatic heterocycles. The molecule has 4 heteroatoms. The van der Waals surface area contributed by atoms with Crippen molar-refractivity contribution >= 4 is 5.91 Å². The first-order chi connectivity index (χ1) is 6.65. The van der Waals surface area contributed by atoms with Crippen LogP contribution in [0.3, 0.4) is 0 Å². The number of hydrogen-bond acceptors (Lipinski definition) is 3. The summed E-state index contributed by atoms with van der Waals surface area (Å²) in [5, 5.41) is 14.8. The minimum absolute atomic E-state index is 0.00710. The van der Waals surface area contributed by atoms with E-state index in [-0.39, 0.29) is 24.6 Å². The lowest BCUT2D eigenvalue weighted by Gasteiger charge is -2.29. The second-order valence-corrected chi connectivity index (χ2v) is 4.14. The maximum atomic E-state index is 11.7. The van der Waals surface area contributed by atoms with Crippen LogP contribution in [0.4, 0.5) is 0 Å². The van der Waals surface area contributed by atoms with E-state index in [4.69, 9.17) is 5.11 Å². The third kappa shape index (κ3) is 2.96. The van der Waals surface area contributed by atoms with Gasteiger partial charge < -0.3 is 15.7 Å². The monoisotopic (exact) mass is 200 g/mol. The molecule has 3 N–H and O–H groups in total. The van der Waals surface area contributed by atoms with Crippen molar-refractivity contribution in [3.05, 3.63) is 0 Å². The van der Waals surface area contributed by atoms with Crippen LogP contribution in [0.2, 0.25) is 0 Å². The van der Waals surface area contributed by atoms with Crippen molar-refractivity contribution in [2.24, 2.45) is 5.92 Å². The Balaban J connectivity index is 2.42. The standard InChI is InChI=1S/C10H20N2O2/c1-7-4-3-5-11-9(7)10(14)12-8(2)6-13/h7-9,11,13H,3-6H2,1-2H3,(H,12,14). The Morgan fingerprint density at radius 1 is 1.71 bits per heavy atom. The van der Waals surface area contributed by atoms with Crippen LogP contribution in [-0.2, 0) is 4.79 Å². The van der Waals surface area contributed by atoms with Gasteiger partial charge in [-0.3, -0.25) is 4.79 Å². The summed E-state index contributed by atoms with van der Waals surface area (Å²) in [6, 6.07) is -0.240. The highest BCUT2D eigenvalue weighted by molar-refractivity contribution is 5.82. The summed E-state index contributed by atoms with van der Waals surface area (Å²) >= 11 is 0. The fraction of sp³-hybridized carbons (Fsp3) is 0.900. The largest absolute Gasteiger partial charge is 0.394 e. The van der Waals surface area contributed by atoms with Crippen molar-refractivity contribution in [3.63, 3.8) is 0 Å². The minimum Gasteiger partial charge on any atom is -0.394 e. The minimum atomic E-state index is -0.154. The van der Waals surface area contributed by atoms with Crippen LogP contribution in [0.5, 0.6) is 0 Å². The molecule has 0 bridgehead atoms. The van der Waals surface area contributed by atoms with Gasteiger partial charge in [-0.05, 0) is 32.2 Å². The van der Waals surface area contributed by atoms with Gasteiger partial charge in [0, 0.05) is 6.04 Å². The van der Waals surface area contributed by atoms with Crippen molar-refractivity contribution in [1.82, 2.24) is 10.6 Å². The van der Waals surface area contributed by atoms with E-state index in [1.165, 1.54) is 0 Å². The summed E-state index contributed by atoms with van der Waals surface area (Å²) in [5.74, 6) is 0.397. The Morgan fingerprint density at radius 2 is 2.43 bits per heavy atom. The molecule has 82 valence electrons. The first-order valence-electron chi connectivity index (χ1n) is 5.29. The number of aliphatic hydroxyl groups is 1. The van der Waals surface area contributed by atoms with Crippen molar-refractivity contribution < 1.29 is 9.90 Å². The number of carbonyl (C=O) groups excluding carboxylic acids is 1. The lowest BCUT2D eigenvalue weighted by Crippen LogP contribution is -2.53. The smallest absolute Gasteiger partial charge is 0.237 e. The van der Waals surface area contributed by atoms with E-state index in [2.05, 4.69) is 17.6 Å². The average molecular weight is 200 g/mol. The molecular formula is C10H20N2O2. The summed E-state index contributed by atoms with van der Waals surface area (Å²) in [5.41, 5.74) is 0. The van der Waals surface area contributed by atoms with Crippen LogP contribution in [0.15, 0.2) is 0 Å². The lowest BCUT2D eigenvalue weighted by molar-refractivity contribution is -0.125. The van der Waals surface area contributed by atoms with Gasteiger partial charge in [0.25, 0.3) is 0 Å².